The molecule has 2 rings (SSSR count). The molecular weight excluding hydrogens is 158 g/mol. The van der Waals surface area contributed by atoms with Gasteiger partial charge in [-0.2, -0.15) is 0 Å². The standard InChI is InChI=1S/C9H11N.ClH/c10-9-6-5-7-3-1-2-4-8(7)9;/h1-4,9H,5-6,10H2;1H/t9-;/m1./s1/i6D2,9D;. The van der Waals surface area contributed by atoms with Crippen molar-refractivity contribution in [1.29, 1.82) is 0 Å². The highest BCUT2D eigenvalue weighted by atomic mass is 35.5. The third kappa shape index (κ3) is 1.39. The number of halogens is 1. The first kappa shape index (κ1) is 5.18. The van der Waals surface area contributed by atoms with Crippen molar-refractivity contribution in [2.24, 2.45) is 5.73 Å². The summed E-state index contributed by atoms with van der Waals surface area (Å²) in [4.78, 5) is 0. The predicted molar refractivity (Wildman–Crippen MR) is 48.9 cm³/mol. The van der Waals surface area contributed by atoms with Crippen molar-refractivity contribution in [2.45, 2.75) is 18.8 Å². The fourth-order valence-electron chi connectivity index (χ4n) is 1.22. The van der Waals surface area contributed by atoms with E-state index in [0.29, 0.717) is 5.56 Å². The van der Waals surface area contributed by atoms with Gasteiger partial charge in [0.1, 0.15) is 0 Å². The Hall–Kier alpha value is -0.530. The largest absolute Gasteiger partial charge is 0.324 e. The second kappa shape index (κ2) is 3.24. The summed E-state index contributed by atoms with van der Waals surface area (Å²) in [5.74, 6) is 0. The lowest BCUT2D eigenvalue weighted by molar-refractivity contribution is 0.713. The molecular formula is C9H12ClN. The van der Waals surface area contributed by atoms with E-state index in [0.717, 1.165) is 5.56 Å². The van der Waals surface area contributed by atoms with Gasteiger partial charge in [0.2, 0.25) is 0 Å². The Balaban J connectivity index is 0.000000980. The van der Waals surface area contributed by atoms with Gasteiger partial charge in [0.05, 0.1) is 1.37 Å². The molecule has 0 heterocycles. The summed E-state index contributed by atoms with van der Waals surface area (Å²) < 4.78 is 23.0. The normalized spacial score (nSPS) is 35.9. The van der Waals surface area contributed by atoms with Crippen molar-refractivity contribution in [1.82, 2.24) is 0 Å². The van der Waals surface area contributed by atoms with Gasteiger partial charge in [0, 0.05) is 8.76 Å². The van der Waals surface area contributed by atoms with Gasteiger partial charge in [-0.1, -0.05) is 24.3 Å². The molecule has 1 nitrogen and oxygen atoms in total. The van der Waals surface area contributed by atoms with Crippen molar-refractivity contribution in [2.75, 3.05) is 0 Å². The van der Waals surface area contributed by atoms with Gasteiger partial charge in [-0.3, -0.25) is 0 Å². The van der Waals surface area contributed by atoms with Gasteiger partial charge in [-0.15, -0.1) is 12.4 Å². The number of aryl methyl sites for hydroxylation is 1. The molecule has 0 saturated heterocycles. The van der Waals surface area contributed by atoms with Crippen molar-refractivity contribution in [3.63, 3.8) is 0 Å². The van der Waals surface area contributed by atoms with E-state index in [1.54, 1.807) is 12.1 Å². The fourth-order valence-corrected chi connectivity index (χ4v) is 1.22. The summed E-state index contributed by atoms with van der Waals surface area (Å²) in [5.41, 5.74) is 7.12. The summed E-state index contributed by atoms with van der Waals surface area (Å²) in [5, 5.41) is 0. The molecule has 1 aliphatic rings. The number of hydrogen-bond acceptors (Lipinski definition) is 1. The van der Waals surface area contributed by atoms with Crippen LogP contribution in [0.1, 0.15) is 27.6 Å². The smallest absolute Gasteiger partial charge is 0.0514 e. The Morgan fingerprint density at radius 3 is 3.00 bits per heavy atom. The minimum atomic E-state index is -1.66. The molecule has 0 spiro atoms. The van der Waals surface area contributed by atoms with Gasteiger partial charge in [-0.25, -0.2) is 0 Å². The highest BCUT2D eigenvalue weighted by Gasteiger charge is 2.16. The van der Waals surface area contributed by atoms with E-state index in [1.165, 1.54) is 0 Å². The van der Waals surface area contributed by atoms with E-state index in [4.69, 9.17) is 9.85 Å². The molecule has 0 radical (unpaired) electrons. The zero-order chi connectivity index (χ0) is 9.69. The van der Waals surface area contributed by atoms with Crippen LogP contribution in [0.5, 0.6) is 0 Å². The minimum absolute atomic E-state index is 0. The first-order valence-electron chi connectivity index (χ1n) is 4.82. The van der Waals surface area contributed by atoms with E-state index in [9.17, 15) is 0 Å². The van der Waals surface area contributed by atoms with Crippen molar-refractivity contribution in [3.05, 3.63) is 35.4 Å². The molecule has 0 fully saturated rings. The highest BCUT2D eigenvalue weighted by Crippen LogP contribution is 2.28. The third-order valence-corrected chi connectivity index (χ3v) is 1.78. The van der Waals surface area contributed by atoms with Crippen LogP contribution in [0.25, 0.3) is 0 Å². The summed E-state index contributed by atoms with van der Waals surface area (Å²) >= 11 is 0. The van der Waals surface area contributed by atoms with Gasteiger partial charge in [0.25, 0.3) is 0 Å². The first-order valence-corrected chi connectivity index (χ1v) is 3.32. The topological polar surface area (TPSA) is 26.0 Å². The first-order chi connectivity index (χ1) is 5.95. The van der Waals surface area contributed by atoms with Gasteiger partial charge < -0.3 is 5.73 Å². The van der Waals surface area contributed by atoms with Crippen LogP contribution in [-0.2, 0) is 6.42 Å². The molecule has 11 heavy (non-hydrogen) atoms. The highest BCUT2D eigenvalue weighted by molar-refractivity contribution is 5.85. The maximum atomic E-state index is 7.77. The van der Waals surface area contributed by atoms with Crippen LogP contribution in [0.15, 0.2) is 24.3 Å². The lowest BCUT2D eigenvalue weighted by Gasteiger charge is -2.01. The Morgan fingerprint density at radius 1 is 1.55 bits per heavy atom. The molecule has 2 N–H and O–H groups in total. The van der Waals surface area contributed by atoms with Crippen LogP contribution in [0.3, 0.4) is 0 Å². The van der Waals surface area contributed by atoms with Gasteiger partial charge in [-0.05, 0) is 23.9 Å². The number of rotatable bonds is 0. The third-order valence-electron chi connectivity index (χ3n) is 1.78. The number of nitrogens with two attached hydrogens (primary N) is 1. The van der Waals surface area contributed by atoms with Crippen molar-refractivity contribution < 1.29 is 4.11 Å². The second-order valence-corrected chi connectivity index (χ2v) is 2.42. The predicted octanol–water partition coefficient (Wildman–Crippen LogP) is 2.05. The van der Waals surface area contributed by atoms with Crippen LogP contribution in [0.2, 0.25) is 0 Å². The molecule has 60 valence electrons. The maximum absolute atomic E-state index is 7.77. The lowest BCUT2D eigenvalue weighted by atomic mass is 10.1. The summed E-state index contributed by atoms with van der Waals surface area (Å²) in [6.07, 6.45) is -1.42. The molecule has 1 aliphatic carbocycles. The second-order valence-electron chi connectivity index (χ2n) is 2.42. The van der Waals surface area contributed by atoms with E-state index in [1.807, 2.05) is 12.1 Å². The molecule has 0 aliphatic heterocycles. The van der Waals surface area contributed by atoms with Crippen LogP contribution >= 0.6 is 12.4 Å². The fraction of sp³-hybridized carbons (Fsp3) is 0.333. The zero-order valence-electron chi connectivity index (χ0n) is 9.00. The number of hydrogen-bond donors (Lipinski definition) is 1. The van der Waals surface area contributed by atoms with E-state index in [2.05, 4.69) is 0 Å². The van der Waals surface area contributed by atoms with E-state index in [-0.39, 0.29) is 18.8 Å². The maximum Gasteiger partial charge on any atom is 0.0514 e. The quantitative estimate of drug-likeness (QED) is 0.637. The number of benzene rings is 1. The average molecular weight is 173 g/mol. The molecule has 0 bridgehead atoms. The monoisotopic (exact) mass is 172 g/mol. The summed E-state index contributed by atoms with van der Waals surface area (Å²) in [7, 11) is 0. The van der Waals surface area contributed by atoms with Crippen LogP contribution in [-0.4, -0.2) is 0 Å². The SMILES string of the molecule is Cl.[2H]C1([2H])Cc2ccccc2[C@]1([2H])N. The average Bonchev–Trinajstić information content (AvgIpc) is 2.20. The van der Waals surface area contributed by atoms with Crippen molar-refractivity contribution >= 4 is 12.4 Å². The number of fused-ring (bicyclic) bond motifs is 1. The van der Waals surface area contributed by atoms with E-state index >= 15 is 0 Å². The molecule has 0 unspecified atom stereocenters. The van der Waals surface area contributed by atoms with Crippen molar-refractivity contribution in [3.8, 4) is 0 Å². The van der Waals surface area contributed by atoms with E-state index < -0.39 is 12.4 Å². The minimum Gasteiger partial charge on any atom is -0.324 e. The molecule has 1 aromatic carbocycles. The van der Waals surface area contributed by atoms with Gasteiger partial charge >= 0.3 is 0 Å². The summed E-state index contributed by atoms with van der Waals surface area (Å²) in [6, 6.07) is 5.60. The molecule has 2 heteroatoms. The zero-order valence-corrected chi connectivity index (χ0v) is 6.82. The molecule has 0 aromatic heterocycles. The summed E-state index contributed by atoms with van der Waals surface area (Å²) in [6.45, 7) is 0. The molecule has 0 saturated carbocycles. The molecule has 1 atom stereocenters. The van der Waals surface area contributed by atoms with Crippen LogP contribution in [0.4, 0.5) is 0 Å². The Bertz CT molecular complexity index is 352. The Kier molecular flexibility index (Phi) is 1.53. The Morgan fingerprint density at radius 2 is 2.27 bits per heavy atom. The molecule has 0 amide bonds. The lowest BCUT2D eigenvalue weighted by Crippen LogP contribution is -2.04. The van der Waals surface area contributed by atoms with Crippen LogP contribution in [0, 0.1) is 0 Å². The Labute approximate surface area is 77.2 Å². The van der Waals surface area contributed by atoms with Crippen LogP contribution < -0.4 is 5.73 Å². The molecule has 1 aromatic rings. The van der Waals surface area contributed by atoms with Gasteiger partial charge in [0.15, 0.2) is 0 Å².